The van der Waals surface area contributed by atoms with Gasteiger partial charge in [0.05, 0.1) is 0 Å². The van der Waals surface area contributed by atoms with Crippen molar-refractivity contribution in [2.75, 3.05) is 19.6 Å². The number of carbonyl (C=O) groups excluding carboxylic acids is 2. The van der Waals surface area contributed by atoms with Gasteiger partial charge < -0.3 is 15.0 Å². The van der Waals surface area contributed by atoms with E-state index in [4.69, 9.17) is 4.74 Å². The van der Waals surface area contributed by atoms with E-state index in [1.165, 1.54) is 6.42 Å². The Morgan fingerprint density at radius 2 is 1.86 bits per heavy atom. The Morgan fingerprint density at radius 1 is 1.14 bits per heavy atom. The lowest BCUT2D eigenvalue weighted by Gasteiger charge is -2.20. The van der Waals surface area contributed by atoms with Crippen molar-refractivity contribution >= 4 is 12.0 Å². The van der Waals surface area contributed by atoms with Gasteiger partial charge >= 0.3 is 6.09 Å². The number of carbonyl (C=O) groups is 2. The molecular formula is C17H32N2O3. The molecule has 0 aromatic heterocycles. The third kappa shape index (κ3) is 8.90. The first-order valence-corrected chi connectivity index (χ1v) is 8.63. The van der Waals surface area contributed by atoms with Crippen molar-refractivity contribution in [3.05, 3.63) is 0 Å². The zero-order chi connectivity index (χ0) is 16.4. The Morgan fingerprint density at radius 3 is 2.59 bits per heavy atom. The summed E-state index contributed by atoms with van der Waals surface area (Å²) >= 11 is 0. The van der Waals surface area contributed by atoms with Crippen LogP contribution in [0.25, 0.3) is 0 Å². The van der Waals surface area contributed by atoms with Crippen molar-refractivity contribution in [1.82, 2.24) is 10.2 Å². The summed E-state index contributed by atoms with van der Waals surface area (Å²) in [6.45, 7) is 8.04. The van der Waals surface area contributed by atoms with Gasteiger partial charge in [-0.15, -0.1) is 0 Å². The average Bonchev–Trinajstić information content (AvgIpc) is 2.60. The van der Waals surface area contributed by atoms with Gasteiger partial charge in [0.2, 0.25) is 5.91 Å². The van der Waals surface area contributed by atoms with Crippen LogP contribution in [0.4, 0.5) is 4.79 Å². The van der Waals surface area contributed by atoms with Crippen LogP contribution in [-0.2, 0) is 9.53 Å². The highest BCUT2D eigenvalue weighted by molar-refractivity contribution is 5.76. The second-order valence-electron chi connectivity index (χ2n) is 7.03. The van der Waals surface area contributed by atoms with E-state index in [2.05, 4.69) is 5.32 Å². The van der Waals surface area contributed by atoms with Gasteiger partial charge in [0, 0.05) is 26.1 Å². The van der Waals surface area contributed by atoms with Gasteiger partial charge in [-0.2, -0.15) is 0 Å². The number of likely N-dealkylation sites (tertiary alicyclic amines) is 1. The summed E-state index contributed by atoms with van der Waals surface area (Å²) in [4.78, 5) is 25.3. The number of nitrogens with zero attached hydrogens (tertiary/aromatic N) is 1. The van der Waals surface area contributed by atoms with Crippen LogP contribution < -0.4 is 5.32 Å². The molecule has 1 heterocycles. The van der Waals surface area contributed by atoms with Gasteiger partial charge in [-0.1, -0.05) is 19.3 Å². The Hall–Kier alpha value is -1.26. The molecule has 0 spiro atoms. The zero-order valence-electron chi connectivity index (χ0n) is 14.5. The van der Waals surface area contributed by atoms with Crippen LogP contribution in [0, 0.1) is 0 Å². The first-order valence-electron chi connectivity index (χ1n) is 8.63. The lowest BCUT2D eigenvalue weighted by atomic mass is 10.2. The summed E-state index contributed by atoms with van der Waals surface area (Å²) in [5, 5.41) is 2.77. The summed E-state index contributed by atoms with van der Waals surface area (Å²) < 4.78 is 5.17. The second kappa shape index (κ2) is 9.70. The molecule has 5 nitrogen and oxygen atoms in total. The van der Waals surface area contributed by atoms with Gasteiger partial charge in [-0.25, -0.2) is 4.79 Å². The van der Waals surface area contributed by atoms with Gasteiger partial charge in [-0.3, -0.25) is 4.79 Å². The molecular weight excluding hydrogens is 280 g/mol. The van der Waals surface area contributed by atoms with E-state index in [1.54, 1.807) is 0 Å². The SMILES string of the molecule is CC(C)(C)OC(=O)NCCCCCCN1CCCCCC1=O. The fourth-order valence-electron chi connectivity index (χ4n) is 2.56. The maximum absolute atomic E-state index is 11.8. The molecule has 1 saturated heterocycles. The minimum Gasteiger partial charge on any atom is -0.444 e. The minimum atomic E-state index is -0.441. The van der Waals surface area contributed by atoms with Crippen LogP contribution in [0.5, 0.6) is 0 Å². The lowest BCUT2D eigenvalue weighted by Crippen LogP contribution is -2.33. The van der Waals surface area contributed by atoms with Crippen molar-refractivity contribution < 1.29 is 14.3 Å². The van der Waals surface area contributed by atoms with Crippen LogP contribution in [0.1, 0.15) is 72.1 Å². The smallest absolute Gasteiger partial charge is 0.407 e. The molecule has 0 aromatic rings. The van der Waals surface area contributed by atoms with E-state index in [1.807, 2.05) is 25.7 Å². The van der Waals surface area contributed by atoms with Crippen molar-refractivity contribution in [1.29, 1.82) is 0 Å². The first kappa shape index (κ1) is 18.8. The van der Waals surface area contributed by atoms with E-state index < -0.39 is 5.60 Å². The molecule has 1 rings (SSSR count). The summed E-state index contributed by atoms with van der Waals surface area (Å²) in [5.74, 6) is 0.323. The molecule has 0 bridgehead atoms. The molecule has 0 saturated carbocycles. The number of unbranched alkanes of at least 4 members (excludes halogenated alkanes) is 3. The third-order valence-corrected chi connectivity index (χ3v) is 3.69. The molecule has 128 valence electrons. The fraction of sp³-hybridized carbons (Fsp3) is 0.882. The van der Waals surface area contributed by atoms with Crippen LogP contribution in [0.2, 0.25) is 0 Å². The molecule has 0 aliphatic carbocycles. The Balaban J connectivity index is 1.99. The zero-order valence-corrected chi connectivity index (χ0v) is 14.5. The molecule has 1 fully saturated rings. The Kier molecular flexibility index (Phi) is 8.28. The average molecular weight is 312 g/mol. The van der Waals surface area contributed by atoms with Crippen molar-refractivity contribution in [3.8, 4) is 0 Å². The van der Waals surface area contributed by atoms with Gasteiger partial charge in [-0.05, 0) is 46.5 Å². The molecule has 22 heavy (non-hydrogen) atoms. The molecule has 2 amide bonds. The van der Waals surface area contributed by atoms with E-state index >= 15 is 0 Å². The first-order chi connectivity index (χ1) is 10.4. The van der Waals surface area contributed by atoms with Crippen LogP contribution in [0.3, 0.4) is 0 Å². The van der Waals surface area contributed by atoms with Gasteiger partial charge in [0.15, 0.2) is 0 Å². The number of nitrogens with one attached hydrogen (secondary N) is 1. The molecule has 0 unspecified atom stereocenters. The maximum atomic E-state index is 11.8. The third-order valence-electron chi connectivity index (χ3n) is 3.69. The van der Waals surface area contributed by atoms with Crippen LogP contribution >= 0.6 is 0 Å². The van der Waals surface area contributed by atoms with Crippen LogP contribution in [0.15, 0.2) is 0 Å². The normalized spacial score (nSPS) is 16.3. The maximum Gasteiger partial charge on any atom is 0.407 e. The molecule has 1 aliphatic heterocycles. The summed E-state index contributed by atoms with van der Waals surface area (Å²) in [6, 6.07) is 0. The molecule has 0 radical (unpaired) electrons. The predicted octanol–water partition coefficient (Wildman–Crippen LogP) is 3.47. The van der Waals surface area contributed by atoms with Crippen molar-refractivity contribution in [2.24, 2.45) is 0 Å². The monoisotopic (exact) mass is 312 g/mol. The predicted molar refractivity (Wildman–Crippen MR) is 87.8 cm³/mol. The van der Waals surface area contributed by atoms with E-state index in [0.717, 1.165) is 58.0 Å². The van der Waals surface area contributed by atoms with Crippen molar-refractivity contribution in [3.63, 3.8) is 0 Å². The van der Waals surface area contributed by atoms with E-state index in [-0.39, 0.29) is 6.09 Å². The van der Waals surface area contributed by atoms with E-state index in [9.17, 15) is 9.59 Å². The minimum absolute atomic E-state index is 0.323. The van der Waals surface area contributed by atoms with Gasteiger partial charge in [0.25, 0.3) is 0 Å². The molecule has 5 heteroatoms. The largest absolute Gasteiger partial charge is 0.444 e. The molecule has 0 atom stereocenters. The standard InChI is InChI=1S/C17H32N2O3/c1-17(2,3)22-16(21)18-12-8-4-5-9-13-19-14-10-6-7-11-15(19)20/h4-14H2,1-3H3,(H,18,21). The molecule has 1 N–H and O–H groups in total. The molecule has 1 aliphatic rings. The molecule has 0 aromatic carbocycles. The fourth-order valence-corrected chi connectivity index (χ4v) is 2.56. The number of amides is 2. The Bertz CT molecular complexity index is 350. The number of hydrogen-bond acceptors (Lipinski definition) is 3. The topological polar surface area (TPSA) is 58.6 Å². The number of rotatable bonds is 7. The highest BCUT2D eigenvalue weighted by atomic mass is 16.6. The highest BCUT2D eigenvalue weighted by Gasteiger charge is 2.16. The highest BCUT2D eigenvalue weighted by Crippen LogP contribution is 2.12. The van der Waals surface area contributed by atoms with Crippen LogP contribution in [-0.4, -0.2) is 42.1 Å². The van der Waals surface area contributed by atoms with Gasteiger partial charge in [0.1, 0.15) is 5.60 Å². The summed E-state index contributed by atoms with van der Waals surface area (Å²) in [5.41, 5.74) is -0.441. The summed E-state index contributed by atoms with van der Waals surface area (Å²) in [7, 11) is 0. The number of hydrogen-bond donors (Lipinski definition) is 1. The second-order valence-corrected chi connectivity index (χ2v) is 7.03. The summed E-state index contributed by atoms with van der Waals surface area (Å²) in [6.07, 6.45) is 7.92. The van der Waals surface area contributed by atoms with E-state index in [0.29, 0.717) is 12.5 Å². The lowest BCUT2D eigenvalue weighted by molar-refractivity contribution is -0.130. The Labute approximate surface area is 134 Å². The van der Waals surface area contributed by atoms with Crippen molar-refractivity contribution in [2.45, 2.75) is 77.7 Å². The number of alkyl carbamates (subject to hydrolysis) is 1. The quantitative estimate of drug-likeness (QED) is 0.732. The number of ether oxygens (including phenoxy) is 1.